The molecule has 0 aliphatic carbocycles. The molecule has 1 atom stereocenters. The minimum absolute atomic E-state index is 0.0255. The number of ether oxygens (including phenoxy) is 1. The molecular formula is C22H26N4O6S. The van der Waals surface area contributed by atoms with E-state index in [1.54, 1.807) is 23.1 Å². The largest absolute Gasteiger partial charge is 0.495 e. The van der Waals surface area contributed by atoms with Crippen LogP contribution in [0.5, 0.6) is 5.75 Å². The van der Waals surface area contributed by atoms with Gasteiger partial charge in [-0.3, -0.25) is 14.4 Å². The van der Waals surface area contributed by atoms with Gasteiger partial charge in [0.25, 0.3) is 0 Å². The molecule has 1 heterocycles. The zero-order chi connectivity index (χ0) is 24.2. The van der Waals surface area contributed by atoms with Crippen LogP contribution in [0.15, 0.2) is 47.4 Å². The van der Waals surface area contributed by atoms with Gasteiger partial charge in [-0.2, -0.15) is 4.72 Å². The monoisotopic (exact) mass is 474 g/mol. The van der Waals surface area contributed by atoms with Gasteiger partial charge in [0.05, 0.1) is 23.7 Å². The summed E-state index contributed by atoms with van der Waals surface area (Å²) < 4.78 is 33.0. The lowest BCUT2D eigenvalue weighted by Crippen LogP contribution is -2.41. The lowest BCUT2D eigenvalue weighted by atomic mass is 10.2. The average molecular weight is 475 g/mol. The number of methoxy groups -OCH3 is 1. The number of sulfonamides is 1. The Labute approximate surface area is 192 Å². The fourth-order valence-corrected chi connectivity index (χ4v) is 4.61. The number of hydrogen-bond acceptors (Lipinski definition) is 6. The molecule has 2 aromatic carbocycles. The Hall–Kier alpha value is -3.44. The molecule has 2 aromatic rings. The molecule has 3 N–H and O–H groups in total. The van der Waals surface area contributed by atoms with E-state index in [1.165, 1.54) is 45.2 Å². The number of benzene rings is 2. The van der Waals surface area contributed by atoms with Crippen molar-refractivity contribution in [2.75, 3.05) is 29.2 Å². The SMILES string of the molecule is COc1ccc(NC(=O)[C@H](C)NS(=O)(=O)c2ccc(NC(C)=O)cc2)cc1N1CCCC1=O. The molecule has 1 saturated heterocycles. The Kier molecular flexibility index (Phi) is 7.34. The first kappa shape index (κ1) is 24.2. The predicted octanol–water partition coefficient (Wildman–Crippen LogP) is 2.09. The van der Waals surface area contributed by atoms with Gasteiger partial charge < -0.3 is 20.3 Å². The first-order valence-corrected chi connectivity index (χ1v) is 11.8. The zero-order valence-corrected chi connectivity index (χ0v) is 19.4. The molecule has 3 amide bonds. The number of rotatable bonds is 8. The third kappa shape index (κ3) is 5.88. The van der Waals surface area contributed by atoms with Crippen LogP contribution in [0.1, 0.15) is 26.7 Å². The van der Waals surface area contributed by atoms with Crippen molar-refractivity contribution in [1.82, 2.24) is 4.72 Å². The Morgan fingerprint density at radius 3 is 2.30 bits per heavy atom. The van der Waals surface area contributed by atoms with Crippen molar-refractivity contribution < 1.29 is 27.5 Å². The van der Waals surface area contributed by atoms with Crippen LogP contribution in [-0.2, 0) is 24.4 Å². The molecule has 1 aliphatic rings. The Balaban J connectivity index is 1.70. The highest BCUT2D eigenvalue weighted by atomic mass is 32.2. The molecule has 0 saturated carbocycles. The summed E-state index contributed by atoms with van der Waals surface area (Å²) in [6.07, 6.45) is 1.19. The number of nitrogens with zero attached hydrogens (tertiary/aromatic N) is 1. The molecule has 0 bridgehead atoms. The minimum Gasteiger partial charge on any atom is -0.495 e. The fraction of sp³-hybridized carbons (Fsp3) is 0.318. The summed E-state index contributed by atoms with van der Waals surface area (Å²) in [5.74, 6) is -0.371. The van der Waals surface area contributed by atoms with Crippen LogP contribution in [0.25, 0.3) is 0 Å². The quantitative estimate of drug-likeness (QED) is 0.536. The summed E-state index contributed by atoms with van der Waals surface area (Å²) >= 11 is 0. The second-order valence-electron chi connectivity index (χ2n) is 7.57. The van der Waals surface area contributed by atoms with Crippen molar-refractivity contribution in [3.8, 4) is 5.75 Å². The summed E-state index contributed by atoms with van der Waals surface area (Å²) in [6, 6.07) is 9.39. The van der Waals surface area contributed by atoms with E-state index >= 15 is 0 Å². The normalized spacial score (nSPS) is 14.6. The van der Waals surface area contributed by atoms with Gasteiger partial charge in [0, 0.05) is 31.3 Å². The van der Waals surface area contributed by atoms with E-state index in [1.807, 2.05) is 0 Å². The van der Waals surface area contributed by atoms with E-state index in [2.05, 4.69) is 15.4 Å². The van der Waals surface area contributed by atoms with Gasteiger partial charge in [0.1, 0.15) is 5.75 Å². The number of carbonyl (C=O) groups is 3. The Morgan fingerprint density at radius 1 is 1.06 bits per heavy atom. The van der Waals surface area contributed by atoms with Crippen LogP contribution in [0.3, 0.4) is 0 Å². The van der Waals surface area contributed by atoms with Crippen LogP contribution >= 0.6 is 0 Å². The maximum absolute atomic E-state index is 12.7. The maximum atomic E-state index is 12.7. The van der Waals surface area contributed by atoms with E-state index < -0.39 is 22.0 Å². The summed E-state index contributed by atoms with van der Waals surface area (Å²) in [5, 5.41) is 5.22. The molecule has 33 heavy (non-hydrogen) atoms. The first-order valence-electron chi connectivity index (χ1n) is 10.3. The fourth-order valence-electron chi connectivity index (χ4n) is 3.41. The second-order valence-corrected chi connectivity index (χ2v) is 9.29. The molecule has 0 radical (unpaired) electrons. The van der Waals surface area contributed by atoms with Crippen molar-refractivity contribution in [1.29, 1.82) is 0 Å². The van der Waals surface area contributed by atoms with Gasteiger partial charge in [0.2, 0.25) is 27.7 Å². The lowest BCUT2D eigenvalue weighted by molar-refractivity contribution is -0.117. The summed E-state index contributed by atoms with van der Waals surface area (Å²) in [7, 11) is -2.48. The standard InChI is InChI=1S/C22H26N4O6S/c1-14(25-33(30,31)18-9-6-16(7-10-18)23-15(2)27)22(29)24-17-8-11-20(32-3)19(13-17)26-12-4-5-21(26)28/h6-11,13-14,25H,4-5,12H2,1-3H3,(H,23,27)(H,24,29)/t14-/m0/s1. The van der Waals surface area contributed by atoms with E-state index in [0.717, 1.165) is 6.42 Å². The number of carbonyl (C=O) groups excluding carboxylic acids is 3. The van der Waals surface area contributed by atoms with Crippen LogP contribution in [0.2, 0.25) is 0 Å². The second kappa shape index (κ2) is 10.0. The zero-order valence-electron chi connectivity index (χ0n) is 18.5. The molecule has 1 aliphatic heterocycles. The predicted molar refractivity (Wildman–Crippen MR) is 124 cm³/mol. The maximum Gasteiger partial charge on any atom is 0.242 e. The number of amides is 3. The van der Waals surface area contributed by atoms with Gasteiger partial charge in [-0.1, -0.05) is 0 Å². The van der Waals surface area contributed by atoms with E-state index in [9.17, 15) is 22.8 Å². The first-order chi connectivity index (χ1) is 15.6. The van der Waals surface area contributed by atoms with E-state index in [-0.39, 0.29) is 16.7 Å². The molecule has 10 nitrogen and oxygen atoms in total. The Bertz CT molecular complexity index is 1160. The third-order valence-corrected chi connectivity index (χ3v) is 6.58. The van der Waals surface area contributed by atoms with Gasteiger partial charge in [-0.05, 0) is 55.8 Å². The highest BCUT2D eigenvalue weighted by molar-refractivity contribution is 7.89. The van der Waals surface area contributed by atoms with Gasteiger partial charge in [0.15, 0.2) is 0 Å². The topological polar surface area (TPSA) is 134 Å². The summed E-state index contributed by atoms with van der Waals surface area (Å²) in [4.78, 5) is 37.4. The van der Waals surface area contributed by atoms with Crippen LogP contribution in [0, 0.1) is 0 Å². The molecule has 176 valence electrons. The summed E-state index contributed by atoms with van der Waals surface area (Å²) in [6.45, 7) is 3.33. The summed E-state index contributed by atoms with van der Waals surface area (Å²) in [5.41, 5.74) is 1.41. The van der Waals surface area contributed by atoms with Crippen molar-refractivity contribution in [2.24, 2.45) is 0 Å². The third-order valence-electron chi connectivity index (χ3n) is 5.02. The molecular weight excluding hydrogens is 448 g/mol. The van der Waals surface area contributed by atoms with E-state index in [0.29, 0.717) is 35.8 Å². The van der Waals surface area contributed by atoms with Crippen molar-refractivity contribution >= 4 is 44.8 Å². The van der Waals surface area contributed by atoms with Crippen molar-refractivity contribution in [2.45, 2.75) is 37.6 Å². The van der Waals surface area contributed by atoms with Crippen molar-refractivity contribution in [3.63, 3.8) is 0 Å². The van der Waals surface area contributed by atoms with Crippen molar-refractivity contribution in [3.05, 3.63) is 42.5 Å². The molecule has 3 rings (SSSR count). The smallest absolute Gasteiger partial charge is 0.242 e. The van der Waals surface area contributed by atoms with Crippen LogP contribution < -0.4 is 25.0 Å². The van der Waals surface area contributed by atoms with Crippen LogP contribution in [0.4, 0.5) is 17.1 Å². The van der Waals surface area contributed by atoms with Crippen LogP contribution in [-0.4, -0.2) is 45.8 Å². The molecule has 0 unspecified atom stereocenters. The number of nitrogens with one attached hydrogen (secondary N) is 3. The van der Waals surface area contributed by atoms with E-state index in [4.69, 9.17) is 4.74 Å². The Morgan fingerprint density at radius 2 is 1.73 bits per heavy atom. The van der Waals surface area contributed by atoms with Gasteiger partial charge in [-0.15, -0.1) is 0 Å². The van der Waals surface area contributed by atoms with Gasteiger partial charge >= 0.3 is 0 Å². The number of anilines is 3. The molecule has 1 fully saturated rings. The van der Waals surface area contributed by atoms with Gasteiger partial charge in [-0.25, -0.2) is 8.42 Å². The molecule has 0 aromatic heterocycles. The minimum atomic E-state index is -3.98. The average Bonchev–Trinajstić information content (AvgIpc) is 3.19. The highest BCUT2D eigenvalue weighted by Gasteiger charge is 2.26. The number of hydrogen-bond donors (Lipinski definition) is 3. The highest BCUT2D eigenvalue weighted by Crippen LogP contribution is 2.34. The molecule has 11 heteroatoms. The lowest BCUT2D eigenvalue weighted by Gasteiger charge is -2.20. The molecule has 0 spiro atoms.